The zero-order valence-corrected chi connectivity index (χ0v) is 13.8. The van der Waals surface area contributed by atoms with E-state index < -0.39 is 0 Å². The van der Waals surface area contributed by atoms with Crippen molar-refractivity contribution in [2.45, 2.75) is 32.9 Å². The topological polar surface area (TPSA) is 12.0 Å². The molecule has 0 saturated carbocycles. The number of hydrogen-bond acceptors (Lipinski definition) is 1. The molecule has 2 aromatic rings. The summed E-state index contributed by atoms with van der Waals surface area (Å²) < 4.78 is 1.28. The minimum atomic E-state index is 0.354. The van der Waals surface area contributed by atoms with Gasteiger partial charge in [-0.05, 0) is 66.6 Å². The smallest absolute Gasteiger partial charge is 0.0297 e. The lowest BCUT2D eigenvalue weighted by Crippen LogP contribution is -2.22. The van der Waals surface area contributed by atoms with Crippen LogP contribution < -0.4 is 5.32 Å². The van der Waals surface area contributed by atoms with E-state index in [1.54, 1.807) is 0 Å². The quantitative estimate of drug-likeness (QED) is 0.751. The first kappa shape index (κ1) is 14.5. The predicted octanol–water partition coefficient (Wildman–Crippen LogP) is 5.01. The summed E-state index contributed by atoms with van der Waals surface area (Å²) in [6.45, 7) is 6.57. The van der Waals surface area contributed by atoms with Crippen molar-refractivity contribution < 1.29 is 0 Å². The number of benzene rings is 2. The number of hydrogen-bond donors (Lipinski definition) is 1. The van der Waals surface area contributed by atoms with Crippen molar-refractivity contribution in [2.75, 3.05) is 0 Å². The molecule has 1 nitrogen and oxygen atoms in total. The van der Waals surface area contributed by atoms with Crippen LogP contribution in [0.4, 0.5) is 0 Å². The van der Waals surface area contributed by atoms with Gasteiger partial charge in [0, 0.05) is 15.7 Å². The van der Waals surface area contributed by atoms with Gasteiger partial charge in [-0.25, -0.2) is 0 Å². The van der Waals surface area contributed by atoms with Crippen molar-refractivity contribution in [3.05, 3.63) is 68.8 Å². The lowest BCUT2D eigenvalue weighted by Gasteiger charge is -2.21. The Kier molecular flexibility index (Phi) is 4.99. The van der Waals surface area contributed by atoms with Gasteiger partial charge in [-0.15, -0.1) is 0 Å². The molecule has 0 spiro atoms. The van der Waals surface area contributed by atoms with Crippen molar-refractivity contribution in [1.29, 1.82) is 0 Å². The third-order valence-corrected chi connectivity index (χ3v) is 4.13. The average Bonchev–Trinajstić information content (AvgIpc) is 2.39. The van der Waals surface area contributed by atoms with Crippen molar-refractivity contribution >= 4 is 22.6 Å². The van der Waals surface area contributed by atoms with Gasteiger partial charge in [0.05, 0.1) is 0 Å². The summed E-state index contributed by atoms with van der Waals surface area (Å²) in [5.41, 5.74) is 3.99. The van der Waals surface area contributed by atoms with Crippen molar-refractivity contribution in [1.82, 2.24) is 5.32 Å². The van der Waals surface area contributed by atoms with E-state index >= 15 is 0 Å². The van der Waals surface area contributed by atoms with Gasteiger partial charge in [0.15, 0.2) is 0 Å². The Morgan fingerprint density at radius 1 is 0.895 bits per heavy atom. The van der Waals surface area contributed by atoms with Crippen LogP contribution in [0, 0.1) is 10.5 Å². The fraction of sp³-hybridized carbons (Fsp3) is 0.294. The predicted molar refractivity (Wildman–Crippen MR) is 90.3 cm³/mol. The van der Waals surface area contributed by atoms with Crippen LogP contribution >= 0.6 is 22.6 Å². The van der Waals surface area contributed by atoms with Crippen LogP contribution in [-0.2, 0) is 0 Å². The second-order valence-electron chi connectivity index (χ2n) is 5.08. The summed E-state index contributed by atoms with van der Waals surface area (Å²) >= 11 is 2.34. The maximum absolute atomic E-state index is 3.66. The molecule has 0 aromatic heterocycles. The summed E-state index contributed by atoms with van der Waals surface area (Å²) in [6.07, 6.45) is 0. The Labute approximate surface area is 129 Å². The fourth-order valence-electron chi connectivity index (χ4n) is 2.26. The molecule has 19 heavy (non-hydrogen) atoms. The largest absolute Gasteiger partial charge is 0.304 e. The van der Waals surface area contributed by atoms with Gasteiger partial charge >= 0.3 is 0 Å². The minimum absolute atomic E-state index is 0.354. The molecule has 1 N–H and O–H groups in total. The number of rotatable bonds is 4. The highest BCUT2D eigenvalue weighted by molar-refractivity contribution is 14.1. The van der Waals surface area contributed by atoms with Gasteiger partial charge in [-0.2, -0.15) is 0 Å². The maximum atomic E-state index is 3.66. The molecule has 0 amide bonds. The lowest BCUT2D eigenvalue weighted by atomic mass is 10.0. The Morgan fingerprint density at radius 3 is 2.16 bits per heavy atom. The van der Waals surface area contributed by atoms with E-state index in [2.05, 4.69) is 97.2 Å². The first-order valence-electron chi connectivity index (χ1n) is 6.64. The van der Waals surface area contributed by atoms with Gasteiger partial charge in [0.2, 0.25) is 0 Å². The molecular formula is C17H20IN. The second-order valence-corrected chi connectivity index (χ2v) is 6.32. The second kappa shape index (κ2) is 6.53. The first-order valence-corrected chi connectivity index (χ1v) is 7.72. The van der Waals surface area contributed by atoms with Crippen LogP contribution in [0.1, 0.15) is 42.6 Å². The Bertz CT molecular complexity index is 533. The van der Waals surface area contributed by atoms with Gasteiger partial charge < -0.3 is 5.32 Å². The zero-order valence-electron chi connectivity index (χ0n) is 11.7. The van der Waals surface area contributed by atoms with Gasteiger partial charge in [0.25, 0.3) is 0 Å². The summed E-state index contributed by atoms with van der Waals surface area (Å²) in [5.74, 6) is 0. The number of nitrogens with one attached hydrogen (secondary N) is 1. The van der Waals surface area contributed by atoms with E-state index in [-0.39, 0.29) is 0 Å². The molecule has 2 rings (SSSR count). The molecule has 1 unspecified atom stereocenters. The summed E-state index contributed by atoms with van der Waals surface area (Å²) in [7, 11) is 0. The average molecular weight is 365 g/mol. The summed E-state index contributed by atoms with van der Waals surface area (Å²) in [5, 5.41) is 3.66. The van der Waals surface area contributed by atoms with E-state index in [9.17, 15) is 0 Å². The highest BCUT2D eigenvalue weighted by Crippen LogP contribution is 2.20. The Hall–Kier alpha value is -0.870. The molecule has 2 heteroatoms. The standard InChI is InChI=1S/C17H20IN/c1-12-5-4-6-16(11-12)14(3)19-13(2)15-7-9-17(18)10-8-15/h4-11,13-14,19H,1-3H3/t13?,14-/m1/s1. The molecule has 0 heterocycles. The minimum Gasteiger partial charge on any atom is -0.304 e. The van der Waals surface area contributed by atoms with Gasteiger partial charge in [0.1, 0.15) is 0 Å². The van der Waals surface area contributed by atoms with Crippen molar-refractivity contribution in [3.8, 4) is 0 Å². The van der Waals surface area contributed by atoms with E-state index in [0.29, 0.717) is 12.1 Å². The SMILES string of the molecule is Cc1cccc([C@@H](C)NC(C)c2ccc(I)cc2)c1. The number of aryl methyl sites for hydroxylation is 1. The van der Waals surface area contributed by atoms with Crippen molar-refractivity contribution in [3.63, 3.8) is 0 Å². The van der Waals surface area contributed by atoms with E-state index in [1.165, 1.54) is 20.3 Å². The molecule has 100 valence electrons. The highest BCUT2D eigenvalue weighted by atomic mass is 127. The summed E-state index contributed by atoms with van der Waals surface area (Å²) in [6, 6.07) is 18.1. The summed E-state index contributed by atoms with van der Waals surface area (Å²) in [4.78, 5) is 0. The van der Waals surface area contributed by atoms with Gasteiger partial charge in [-0.3, -0.25) is 0 Å². The van der Waals surface area contributed by atoms with Crippen LogP contribution in [0.5, 0.6) is 0 Å². The van der Waals surface area contributed by atoms with E-state index in [1.807, 2.05) is 0 Å². The van der Waals surface area contributed by atoms with E-state index in [0.717, 1.165) is 0 Å². The molecule has 2 atom stereocenters. The lowest BCUT2D eigenvalue weighted by molar-refractivity contribution is 0.494. The molecule has 0 fully saturated rings. The molecule has 0 aliphatic carbocycles. The monoisotopic (exact) mass is 365 g/mol. The van der Waals surface area contributed by atoms with Crippen LogP contribution in [0.3, 0.4) is 0 Å². The molecule has 0 aliphatic rings. The highest BCUT2D eigenvalue weighted by Gasteiger charge is 2.11. The molecule has 0 radical (unpaired) electrons. The fourth-order valence-corrected chi connectivity index (χ4v) is 2.62. The van der Waals surface area contributed by atoms with Crippen LogP contribution in [0.2, 0.25) is 0 Å². The number of halogens is 1. The van der Waals surface area contributed by atoms with E-state index in [4.69, 9.17) is 0 Å². The zero-order chi connectivity index (χ0) is 13.8. The maximum Gasteiger partial charge on any atom is 0.0297 e. The molecular weight excluding hydrogens is 345 g/mol. The third-order valence-electron chi connectivity index (χ3n) is 3.41. The molecule has 0 aliphatic heterocycles. The third kappa shape index (κ3) is 4.05. The molecule has 0 saturated heterocycles. The Balaban J connectivity index is 2.06. The Morgan fingerprint density at radius 2 is 1.53 bits per heavy atom. The van der Waals surface area contributed by atoms with Crippen LogP contribution in [0.15, 0.2) is 48.5 Å². The van der Waals surface area contributed by atoms with Crippen LogP contribution in [-0.4, -0.2) is 0 Å². The first-order chi connectivity index (χ1) is 9.06. The van der Waals surface area contributed by atoms with Crippen molar-refractivity contribution in [2.24, 2.45) is 0 Å². The molecule has 2 aromatic carbocycles. The van der Waals surface area contributed by atoms with Crippen LogP contribution in [0.25, 0.3) is 0 Å². The molecule has 0 bridgehead atoms. The normalized spacial score (nSPS) is 14.1. The van der Waals surface area contributed by atoms with Gasteiger partial charge in [-0.1, -0.05) is 42.0 Å².